The van der Waals surface area contributed by atoms with Crippen LogP contribution in [0.1, 0.15) is 32.6 Å². The van der Waals surface area contributed by atoms with E-state index >= 15 is 0 Å². The molecule has 1 N–H and O–H groups in total. The lowest BCUT2D eigenvalue weighted by molar-refractivity contribution is 0.137. The van der Waals surface area contributed by atoms with Gasteiger partial charge in [-0.3, -0.25) is 4.90 Å². The fraction of sp³-hybridized carbons (Fsp3) is 1.00. The summed E-state index contributed by atoms with van der Waals surface area (Å²) in [5, 5.41) is 3.33. The van der Waals surface area contributed by atoms with E-state index < -0.39 is 0 Å². The van der Waals surface area contributed by atoms with E-state index in [2.05, 4.69) is 17.1 Å². The second-order valence-corrected chi connectivity index (χ2v) is 4.52. The molecule has 90 valence electrons. The third-order valence-electron chi connectivity index (χ3n) is 3.09. The van der Waals surface area contributed by atoms with Crippen molar-refractivity contribution in [2.45, 2.75) is 44.7 Å². The Labute approximate surface area is 94.2 Å². The third-order valence-corrected chi connectivity index (χ3v) is 3.09. The minimum absolute atomic E-state index is 0.479. The van der Waals surface area contributed by atoms with Crippen LogP contribution in [0.5, 0.6) is 0 Å². The average Bonchev–Trinajstić information content (AvgIpc) is 3.06. The molecule has 0 aromatic rings. The van der Waals surface area contributed by atoms with Crippen LogP contribution in [0.25, 0.3) is 0 Å². The van der Waals surface area contributed by atoms with Crippen LogP contribution in [0.2, 0.25) is 0 Å². The molecule has 3 nitrogen and oxygen atoms in total. The number of hydrogen-bond donors (Lipinski definition) is 1. The molecule has 0 radical (unpaired) electrons. The number of nitrogens with zero attached hydrogens (tertiary/aromatic N) is 1. The zero-order valence-electron chi connectivity index (χ0n) is 10.5. The monoisotopic (exact) mass is 214 g/mol. The third kappa shape index (κ3) is 4.96. The number of hydrogen-bond acceptors (Lipinski definition) is 3. The van der Waals surface area contributed by atoms with Crippen LogP contribution in [0, 0.1) is 0 Å². The standard InChI is InChI=1S/C12H26N2O/c1-4-5-8-14(12-6-7-12)9-11(13-2)10-15-3/h11-13H,4-10H2,1-3H3. The van der Waals surface area contributed by atoms with E-state index in [9.17, 15) is 0 Å². The molecule has 0 aliphatic heterocycles. The fourth-order valence-electron chi connectivity index (χ4n) is 1.94. The second-order valence-electron chi connectivity index (χ2n) is 4.52. The summed E-state index contributed by atoms with van der Waals surface area (Å²) >= 11 is 0. The van der Waals surface area contributed by atoms with Crippen LogP contribution in [0.15, 0.2) is 0 Å². The van der Waals surface area contributed by atoms with Crippen molar-refractivity contribution in [3.05, 3.63) is 0 Å². The van der Waals surface area contributed by atoms with Crippen LogP contribution >= 0.6 is 0 Å². The SMILES string of the molecule is CCCCN(CC(COC)NC)C1CC1. The molecular formula is C12H26N2O. The summed E-state index contributed by atoms with van der Waals surface area (Å²) in [6, 6.07) is 1.34. The number of likely N-dealkylation sites (N-methyl/N-ethyl adjacent to an activating group) is 1. The van der Waals surface area contributed by atoms with E-state index in [1.807, 2.05) is 7.05 Å². The number of unbranched alkanes of at least 4 members (excludes halogenated alkanes) is 1. The molecule has 0 heterocycles. The van der Waals surface area contributed by atoms with Gasteiger partial charge in [-0.25, -0.2) is 0 Å². The summed E-state index contributed by atoms with van der Waals surface area (Å²) in [5.41, 5.74) is 0. The van der Waals surface area contributed by atoms with Crippen molar-refractivity contribution in [1.29, 1.82) is 0 Å². The molecule has 1 saturated carbocycles. The molecule has 1 rings (SSSR count). The van der Waals surface area contributed by atoms with Crippen LogP contribution in [0.4, 0.5) is 0 Å². The van der Waals surface area contributed by atoms with Crippen molar-refractivity contribution < 1.29 is 4.74 Å². The van der Waals surface area contributed by atoms with Crippen LogP contribution in [-0.2, 0) is 4.74 Å². The summed E-state index contributed by atoms with van der Waals surface area (Å²) in [6.45, 7) is 5.46. The molecule has 0 amide bonds. The van der Waals surface area contributed by atoms with E-state index in [1.54, 1.807) is 7.11 Å². The lowest BCUT2D eigenvalue weighted by Gasteiger charge is -2.26. The van der Waals surface area contributed by atoms with E-state index in [0.29, 0.717) is 6.04 Å². The van der Waals surface area contributed by atoms with E-state index in [0.717, 1.165) is 19.2 Å². The molecule has 0 saturated heterocycles. The van der Waals surface area contributed by atoms with Gasteiger partial charge in [0, 0.05) is 25.7 Å². The van der Waals surface area contributed by atoms with Gasteiger partial charge in [0.25, 0.3) is 0 Å². The summed E-state index contributed by atoms with van der Waals surface area (Å²) in [7, 11) is 3.80. The fourth-order valence-corrected chi connectivity index (χ4v) is 1.94. The van der Waals surface area contributed by atoms with Crippen molar-refractivity contribution in [1.82, 2.24) is 10.2 Å². The molecule has 1 aliphatic carbocycles. The van der Waals surface area contributed by atoms with Crippen molar-refractivity contribution in [3.63, 3.8) is 0 Å². The Kier molecular flexibility index (Phi) is 6.22. The molecule has 0 aromatic heterocycles. The van der Waals surface area contributed by atoms with Crippen molar-refractivity contribution >= 4 is 0 Å². The molecule has 3 heteroatoms. The largest absolute Gasteiger partial charge is 0.383 e. The molecule has 0 spiro atoms. The highest BCUT2D eigenvalue weighted by Crippen LogP contribution is 2.27. The maximum atomic E-state index is 5.21. The summed E-state index contributed by atoms with van der Waals surface area (Å²) < 4.78 is 5.21. The first-order chi connectivity index (χ1) is 7.31. The first-order valence-electron chi connectivity index (χ1n) is 6.22. The highest BCUT2D eigenvalue weighted by Gasteiger charge is 2.29. The van der Waals surface area contributed by atoms with Gasteiger partial charge in [0.05, 0.1) is 6.61 Å². The zero-order valence-corrected chi connectivity index (χ0v) is 10.5. The molecule has 1 unspecified atom stereocenters. The van der Waals surface area contributed by atoms with Gasteiger partial charge >= 0.3 is 0 Å². The maximum absolute atomic E-state index is 5.21. The summed E-state index contributed by atoms with van der Waals surface area (Å²) in [6.07, 6.45) is 5.40. The van der Waals surface area contributed by atoms with E-state index in [1.165, 1.54) is 32.2 Å². The summed E-state index contributed by atoms with van der Waals surface area (Å²) in [5.74, 6) is 0. The molecule has 1 aliphatic rings. The normalized spacial score (nSPS) is 18.4. The molecule has 0 aromatic carbocycles. The molecule has 0 bridgehead atoms. The zero-order chi connectivity index (χ0) is 11.1. The molecule has 15 heavy (non-hydrogen) atoms. The lowest BCUT2D eigenvalue weighted by atomic mass is 10.2. The van der Waals surface area contributed by atoms with E-state index in [4.69, 9.17) is 4.74 Å². The minimum Gasteiger partial charge on any atom is -0.383 e. The smallest absolute Gasteiger partial charge is 0.0628 e. The first kappa shape index (κ1) is 12.9. The topological polar surface area (TPSA) is 24.5 Å². The van der Waals surface area contributed by atoms with Crippen molar-refractivity contribution in [3.8, 4) is 0 Å². The van der Waals surface area contributed by atoms with Gasteiger partial charge in [0.1, 0.15) is 0 Å². The predicted octanol–water partition coefficient (Wildman–Crippen LogP) is 1.49. The Balaban J connectivity index is 2.27. The second kappa shape index (κ2) is 7.20. The first-order valence-corrected chi connectivity index (χ1v) is 6.22. The lowest BCUT2D eigenvalue weighted by Crippen LogP contribution is -2.43. The Bertz CT molecular complexity index is 160. The Hall–Kier alpha value is -0.120. The van der Waals surface area contributed by atoms with Gasteiger partial charge in [-0.15, -0.1) is 0 Å². The van der Waals surface area contributed by atoms with Crippen LogP contribution in [-0.4, -0.2) is 50.8 Å². The number of ether oxygens (including phenoxy) is 1. The van der Waals surface area contributed by atoms with Crippen molar-refractivity contribution in [2.24, 2.45) is 0 Å². The molecular weight excluding hydrogens is 188 g/mol. The number of rotatable bonds is 9. The van der Waals surface area contributed by atoms with Crippen LogP contribution in [0.3, 0.4) is 0 Å². The average molecular weight is 214 g/mol. The Morgan fingerprint density at radius 3 is 2.67 bits per heavy atom. The Morgan fingerprint density at radius 2 is 2.20 bits per heavy atom. The van der Waals surface area contributed by atoms with Gasteiger partial charge in [-0.1, -0.05) is 13.3 Å². The van der Waals surface area contributed by atoms with Gasteiger partial charge in [-0.05, 0) is 32.9 Å². The van der Waals surface area contributed by atoms with E-state index in [-0.39, 0.29) is 0 Å². The maximum Gasteiger partial charge on any atom is 0.0628 e. The summed E-state index contributed by atoms with van der Waals surface area (Å²) in [4.78, 5) is 2.63. The highest BCUT2D eigenvalue weighted by molar-refractivity contribution is 4.86. The van der Waals surface area contributed by atoms with Gasteiger partial charge < -0.3 is 10.1 Å². The number of nitrogens with one attached hydrogen (secondary N) is 1. The predicted molar refractivity (Wildman–Crippen MR) is 64.2 cm³/mol. The number of methoxy groups -OCH3 is 1. The van der Waals surface area contributed by atoms with Gasteiger partial charge in [-0.2, -0.15) is 0 Å². The molecule has 1 atom stereocenters. The van der Waals surface area contributed by atoms with Gasteiger partial charge in [0.15, 0.2) is 0 Å². The molecule has 1 fully saturated rings. The van der Waals surface area contributed by atoms with Crippen LogP contribution < -0.4 is 5.32 Å². The quantitative estimate of drug-likeness (QED) is 0.629. The van der Waals surface area contributed by atoms with Crippen molar-refractivity contribution in [2.75, 3.05) is 33.9 Å². The van der Waals surface area contributed by atoms with Gasteiger partial charge in [0.2, 0.25) is 0 Å². The minimum atomic E-state index is 0.479. The Morgan fingerprint density at radius 1 is 1.47 bits per heavy atom. The highest BCUT2D eigenvalue weighted by atomic mass is 16.5.